The van der Waals surface area contributed by atoms with Crippen molar-refractivity contribution in [3.8, 4) is 0 Å². The van der Waals surface area contributed by atoms with Gasteiger partial charge in [0.15, 0.2) is 0 Å². The molecule has 0 aromatic carbocycles. The third kappa shape index (κ3) is 3.47. The largest absolute Gasteiger partial charge is 0.480 e. The first-order valence-corrected chi connectivity index (χ1v) is 5.71. The molecule has 1 aliphatic heterocycles. The zero-order chi connectivity index (χ0) is 11.3. The molecule has 0 aromatic heterocycles. The van der Waals surface area contributed by atoms with Crippen molar-refractivity contribution >= 4 is 5.97 Å². The van der Waals surface area contributed by atoms with Crippen molar-refractivity contribution in [2.45, 2.75) is 32.7 Å². The lowest BCUT2D eigenvalue weighted by Gasteiger charge is -2.35. The van der Waals surface area contributed by atoms with Gasteiger partial charge in [-0.05, 0) is 12.3 Å². The SMILES string of the molecule is CCCC(C)C(C(=O)O)N1CCOCC1. The van der Waals surface area contributed by atoms with Gasteiger partial charge in [0.25, 0.3) is 0 Å². The molecule has 2 unspecified atom stereocenters. The second kappa shape index (κ2) is 6.08. The minimum Gasteiger partial charge on any atom is -0.480 e. The van der Waals surface area contributed by atoms with E-state index in [1.807, 2.05) is 11.8 Å². The zero-order valence-electron chi connectivity index (χ0n) is 9.61. The number of carboxylic acids is 1. The standard InChI is InChI=1S/C11H21NO3/c1-3-4-9(2)10(11(13)14)12-5-7-15-8-6-12/h9-10H,3-8H2,1-2H3,(H,13,14). The fourth-order valence-corrected chi connectivity index (χ4v) is 2.23. The van der Waals surface area contributed by atoms with Gasteiger partial charge >= 0.3 is 5.97 Å². The first-order chi connectivity index (χ1) is 7.16. The molecule has 0 spiro atoms. The summed E-state index contributed by atoms with van der Waals surface area (Å²) >= 11 is 0. The van der Waals surface area contributed by atoms with Crippen LogP contribution in [0.5, 0.6) is 0 Å². The van der Waals surface area contributed by atoms with E-state index in [0.717, 1.165) is 25.9 Å². The molecule has 0 radical (unpaired) electrons. The van der Waals surface area contributed by atoms with Crippen LogP contribution < -0.4 is 0 Å². The van der Waals surface area contributed by atoms with Crippen LogP contribution in [0.3, 0.4) is 0 Å². The van der Waals surface area contributed by atoms with Crippen LogP contribution in [0.4, 0.5) is 0 Å². The zero-order valence-corrected chi connectivity index (χ0v) is 9.61. The van der Waals surface area contributed by atoms with E-state index in [-0.39, 0.29) is 12.0 Å². The average molecular weight is 215 g/mol. The highest BCUT2D eigenvalue weighted by molar-refractivity contribution is 5.73. The van der Waals surface area contributed by atoms with Crippen molar-refractivity contribution in [2.24, 2.45) is 5.92 Å². The van der Waals surface area contributed by atoms with E-state index in [1.165, 1.54) is 0 Å². The maximum absolute atomic E-state index is 11.2. The Hall–Kier alpha value is -0.610. The molecule has 1 rings (SSSR count). The van der Waals surface area contributed by atoms with Gasteiger partial charge in [0.2, 0.25) is 0 Å². The van der Waals surface area contributed by atoms with Gasteiger partial charge in [-0.2, -0.15) is 0 Å². The molecule has 1 aliphatic rings. The summed E-state index contributed by atoms with van der Waals surface area (Å²) in [5.74, 6) is -0.483. The molecule has 88 valence electrons. The number of carbonyl (C=O) groups is 1. The Morgan fingerprint density at radius 3 is 2.53 bits per heavy atom. The number of hydrogen-bond acceptors (Lipinski definition) is 3. The summed E-state index contributed by atoms with van der Waals surface area (Å²) in [6.07, 6.45) is 2.00. The number of carboxylic acid groups (broad SMARTS) is 1. The highest BCUT2D eigenvalue weighted by atomic mass is 16.5. The van der Waals surface area contributed by atoms with E-state index >= 15 is 0 Å². The van der Waals surface area contributed by atoms with Crippen LogP contribution in [-0.2, 0) is 9.53 Å². The molecular formula is C11H21NO3. The number of aliphatic carboxylic acids is 1. The fourth-order valence-electron chi connectivity index (χ4n) is 2.23. The van der Waals surface area contributed by atoms with Crippen molar-refractivity contribution < 1.29 is 14.6 Å². The van der Waals surface area contributed by atoms with Crippen LogP contribution in [0.15, 0.2) is 0 Å². The van der Waals surface area contributed by atoms with E-state index in [0.29, 0.717) is 13.2 Å². The molecule has 0 bridgehead atoms. The minimum absolute atomic E-state index is 0.214. The number of rotatable bonds is 5. The van der Waals surface area contributed by atoms with Gasteiger partial charge in [0.05, 0.1) is 13.2 Å². The quantitative estimate of drug-likeness (QED) is 0.749. The third-order valence-corrected chi connectivity index (χ3v) is 2.98. The first-order valence-electron chi connectivity index (χ1n) is 5.71. The molecular weight excluding hydrogens is 194 g/mol. The van der Waals surface area contributed by atoms with Crippen LogP contribution in [0.2, 0.25) is 0 Å². The minimum atomic E-state index is -0.696. The maximum atomic E-state index is 11.2. The molecule has 0 amide bonds. The summed E-state index contributed by atoms with van der Waals surface area (Å²) in [5, 5.41) is 9.24. The van der Waals surface area contributed by atoms with E-state index in [2.05, 4.69) is 6.92 Å². The highest BCUT2D eigenvalue weighted by Gasteiger charge is 2.31. The van der Waals surface area contributed by atoms with Crippen molar-refractivity contribution in [3.05, 3.63) is 0 Å². The van der Waals surface area contributed by atoms with Crippen molar-refractivity contribution in [1.29, 1.82) is 0 Å². The lowest BCUT2D eigenvalue weighted by Crippen LogP contribution is -2.50. The predicted molar refractivity (Wildman–Crippen MR) is 57.9 cm³/mol. The second-order valence-corrected chi connectivity index (χ2v) is 4.20. The lowest BCUT2D eigenvalue weighted by atomic mass is 9.95. The topological polar surface area (TPSA) is 49.8 Å². The van der Waals surface area contributed by atoms with Crippen LogP contribution >= 0.6 is 0 Å². The molecule has 2 atom stereocenters. The van der Waals surface area contributed by atoms with Crippen LogP contribution in [0.1, 0.15) is 26.7 Å². The number of hydrogen-bond donors (Lipinski definition) is 1. The van der Waals surface area contributed by atoms with Crippen molar-refractivity contribution in [1.82, 2.24) is 4.90 Å². The molecule has 1 fully saturated rings. The third-order valence-electron chi connectivity index (χ3n) is 2.98. The molecule has 1 N–H and O–H groups in total. The Kier molecular flexibility index (Phi) is 5.05. The summed E-state index contributed by atoms with van der Waals surface area (Å²) in [6.45, 7) is 6.91. The second-order valence-electron chi connectivity index (χ2n) is 4.20. The summed E-state index contributed by atoms with van der Waals surface area (Å²) in [4.78, 5) is 13.3. The lowest BCUT2D eigenvalue weighted by molar-refractivity contribution is -0.147. The number of nitrogens with zero attached hydrogens (tertiary/aromatic N) is 1. The Morgan fingerprint density at radius 2 is 2.07 bits per heavy atom. The maximum Gasteiger partial charge on any atom is 0.321 e. The molecule has 0 aliphatic carbocycles. The van der Waals surface area contributed by atoms with Gasteiger partial charge in [-0.3, -0.25) is 9.69 Å². The highest BCUT2D eigenvalue weighted by Crippen LogP contribution is 2.18. The van der Waals surface area contributed by atoms with E-state index in [9.17, 15) is 9.90 Å². The van der Waals surface area contributed by atoms with Crippen LogP contribution in [0, 0.1) is 5.92 Å². The Bertz CT molecular complexity index is 202. The van der Waals surface area contributed by atoms with Crippen molar-refractivity contribution in [2.75, 3.05) is 26.3 Å². The monoisotopic (exact) mass is 215 g/mol. The normalized spacial score (nSPS) is 22.3. The fraction of sp³-hybridized carbons (Fsp3) is 0.909. The molecule has 0 saturated carbocycles. The summed E-state index contributed by atoms with van der Waals surface area (Å²) < 4.78 is 5.23. The first kappa shape index (κ1) is 12.5. The molecule has 1 heterocycles. The number of ether oxygens (including phenoxy) is 1. The molecule has 1 saturated heterocycles. The average Bonchev–Trinajstić information content (AvgIpc) is 2.19. The van der Waals surface area contributed by atoms with Crippen molar-refractivity contribution in [3.63, 3.8) is 0 Å². The molecule has 4 heteroatoms. The van der Waals surface area contributed by atoms with E-state index < -0.39 is 5.97 Å². The van der Waals surface area contributed by atoms with Gasteiger partial charge < -0.3 is 9.84 Å². The van der Waals surface area contributed by atoms with Crippen LogP contribution in [0.25, 0.3) is 0 Å². The summed E-state index contributed by atoms with van der Waals surface area (Å²) in [5.41, 5.74) is 0. The van der Waals surface area contributed by atoms with Crippen LogP contribution in [-0.4, -0.2) is 48.3 Å². The predicted octanol–water partition coefficient (Wildman–Crippen LogP) is 1.21. The Morgan fingerprint density at radius 1 is 1.47 bits per heavy atom. The van der Waals surface area contributed by atoms with Gasteiger partial charge in [-0.15, -0.1) is 0 Å². The Labute approximate surface area is 91.2 Å². The summed E-state index contributed by atoms with van der Waals surface area (Å²) in [6, 6.07) is -0.339. The smallest absolute Gasteiger partial charge is 0.321 e. The van der Waals surface area contributed by atoms with E-state index in [4.69, 9.17) is 4.74 Å². The van der Waals surface area contributed by atoms with Gasteiger partial charge in [-0.1, -0.05) is 20.3 Å². The summed E-state index contributed by atoms with van der Waals surface area (Å²) in [7, 11) is 0. The molecule has 0 aromatic rings. The Balaban J connectivity index is 2.58. The molecule has 4 nitrogen and oxygen atoms in total. The van der Waals surface area contributed by atoms with Gasteiger partial charge in [0, 0.05) is 13.1 Å². The van der Waals surface area contributed by atoms with Gasteiger partial charge in [-0.25, -0.2) is 0 Å². The number of morpholine rings is 1. The molecule has 15 heavy (non-hydrogen) atoms. The van der Waals surface area contributed by atoms with E-state index in [1.54, 1.807) is 0 Å². The van der Waals surface area contributed by atoms with Gasteiger partial charge in [0.1, 0.15) is 6.04 Å².